The monoisotopic (exact) mass is 391 g/mol. The molecule has 0 N–H and O–H groups in total. The molecule has 1 heterocycles. The van der Waals surface area contributed by atoms with E-state index in [2.05, 4.69) is 0 Å². The number of ketones is 1. The van der Waals surface area contributed by atoms with E-state index in [0.29, 0.717) is 11.0 Å². The summed E-state index contributed by atoms with van der Waals surface area (Å²) in [6.07, 6.45) is -4.61. The molecular weight excluding hydrogens is 379 g/mol. The summed E-state index contributed by atoms with van der Waals surface area (Å²) >= 11 is 0. The van der Waals surface area contributed by atoms with Gasteiger partial charge in [0.25, 0.3) is 11.8 Å². The molecule has 0 fully saturated rings. The van der Waals surface area contributed by atoms with Gasteiger partial charge < -0.3 is 4.74 Å². The molecule has 0 aromatic heterocycles. The van der Waals surface area contributed by atoms with Crippen LogP contribution in [0.4, 0.5) is 13.2 Å². The number of ether oxygens (including phenoxy) is 1. The van der Waals surface area contributed by atoms with E-state index in [1.807, 2.05) is 0 Å². The molecule has 2 amide bonds. The molecule has 0 saturated heterocycles. The van der Waals surface area contributed by atoms with Crippen LogP contribution in [0.5, 0.6) is 0 Å². The molecule has 0 atom stereocenters. The maximum absolute atomic E-state index is 12.7. The largest absolute Gasteiger partial charge is 0.456 e. The number of carbonyl (C=O) groups is 4. The maximum atomic E-state index is 12.7. The molecule has 0 saturated carbocycles. The third-order valence-electron chi connectivity index (χ3n) is 4.04. The number of amides is 2. The molecule has 3 rings (SSSR count). The standard InChI is InChI=1S/C19H12F3NO5/c20-19(21,22)12-5-3-4-11(8-12)15(24)10-28-16(25)9-23-17(26)13-6-1-2-7-14(13)18(23)27/h1-8H,9-10H2. The first kappa shape index (κ1) is 19.3. The second-order valence-electron chi connectivity index (χ2n) is 5.90. The van der Waals surface area contributed by atoms with Crippen molar-refractivity contribution in [1.82, 2.24) is 4.90 Å². The second-order valence-corrected chi connectivity index (χ2v) is 5.90. The molecular formula is C19H12F3NO5. The first-order valence-corrected chi connectivity index (χ1v) is 8.00. The van der Waals surface area contributed by atoms with E-state index in [4.69, 9.17) is 4.74 Å². The number of hydrogen-bond acceptors (Lipinski definition) is 5. The SMILES string of the molecule is O=C(CN1C(=O)c2ccccc2C1=O)OCC(=O)c1cccc(C(F)(F)F)c1. The molecule has 0 unspecified atom stereocenters. The molecule has 2 aromatic carbocycles. The van der Waals surface area contributed by atoms with Crippen molar-refractivity contribution in [3.63, 3.8) is 0 Å². The number of rotatable bonds is 5. The summed E-state index contributed by atoms with van der Waals surface area (Å²) in [4.78, 5) is 48.9. The van der Waals surface area contributed by atoms with Gasteiger partial charge in [0.05, 0.1) is 16.7 Å². The van der Waals surface area contributed by atoms with Crippen LogP contribution in [0.2, 0.25) is 0 Å². The zero-order chi connectivity index (χ0) is 20.5. The van der Waals surface area contributed by atoms with Crippen LogP contribution in [-0.4, -0.2) is 41.6 Å². The molecule has 28 heavy (non-hydrogen) atoms. The van der Waals surface area contributed by atoms with Crippen LogP contribution < -0.4 is 0 Å². The van der Waals surface area contributed by atoms with Gasteiger partial charge in [-0.2, -0.15) is 13.2 Å². The minimum atomic E-state index is -4.61. The lowest BCUT2D eigenvalue weighted by molar-refractivity contribution is -0.142. The Labute approximate surface area is 156 Å². The Balaban J connectivity index is 1.60. The van der Waals surface area contributed by atoms with Crippen molar-refractivity contribution in [3.05, 3.63) is 70.8 Å². The summed E-state index contributed by atoms with van der Waals surface area (Å²) in [5, 5.41) is 0. The summed E-state index contributed by atoms with van der Waals surface area (Å²) in [6, 6.07) is 9.72. The summed E-state index contributed by atoms with van der Waals surface area (Å²) in [5.74, 6) is -3.21. The van der Waals surface area contributed by atoms with Gasteiger partial charge in [0.15, 0.2) is 12.4 Å². The zero-order valence-electron chi connectivity index (χ0n) is 14.2. The maximum Gasteiger partial charge on any atom is 0.416 e. The summed E-state index contributed by atoms with van der Waals surface area (Å²) < 4.78 is 42.8. The highest BCUT2D eigenvalue weighted by Gasteiger charge is 2.36. The zero-order valence-corrected chi connectivity index (χ0v) is 14.2. The van der Waals surface area contributed by atoms with Crippen molar-refractivity contribution in [2.75, 3.05) is 13.2 Å². The van der Waals surface area contributed by atoms with Crippen LogP contribution >= 0.6 is 0 Å². The number of esters is 1. The van der Waals surface area contributed by atoms with Gasteiger partial charge in [0, 0.05) is 5.56 Å². The highest BCUT2D eigenvalue weighted by atomic mass is 19.4. The minimum Gasteiger partial charge on any atom is -0.456 e. The van der Waals surface area contributed by atoms with Crippen molar-refractivity contribution in [2.24, 2.45) is 0 Å². The summed E-state index contributed by atoms with van der Waals surface area (Å²) in [6.45, 7) is -1.52. The molecule has 6 nitrogen and oxygen atoms in total. The third kappa shape index (κ3) is 3.78. The first-order chi connectivity index (χ1) is 13.2. The number of imide groups is 1. The highest BCUT2D eigenvalue weighted by molar-refractivity contribution is 6.22. The summed E-state index contributed by atoms with van der Waals surface area (Å²) in [5.41, 5.74) is -0.972. The third-order valence-corrected chi connectivity index (χ3v) is 4.04. The topological polar surface area (TPSA) is 80.8 Å². The van der Waals surface area contributed by atoms with Gasteiger partial charge in [0.1, 0.15) is 6.54 Å². The van der Waals surface area contributed by atoms with E-state index in [1.54, 1.807) is 12.1 Å². The second kappa shape index (κ2) is 7.26. The normalized spacial score (nSPS) is 13.5. The predicted octanol–water partition coefficient (Wildman–Crippen LogP) is 2.73. The lowest BCUT2D eigenvalue weighted by Gasteiger charge is -2.13. The molecule has 2 aromatic rings. The van der Waals surface area contributed by atoms with E-state index in [0.717, 1.165) is 18.2 Å². The number of alkyl halides is 3. The molecule has 9 heteroatoms. The van der Waals surface area contributed by atoms with Gasteiger partial charge in [-0.15, -0.1) is 0 Å². The van der Waals surface area contributed by atoms with Crippen molar-refractivity contribution >= 4 is 23.6 Å². The summed E-state index contributed by atoms with van der Waals surface area (Å²) in [7, 11) is 0. The number of halogens is 3. The molecule has 1 aliphatic heterocycles. The average molecular weight is 391 g/mol. The van der Waals surface area contributed by atoms with Gasteiger partial charge >= 0.3 is 12.1 Å². The van der Waals surface area contributed by atoms with Gasteiger partial charge in [-0.1, -0.05) is 24.3 Å². The number of hydrogen-bond donors (Lipinski definition) is 0. The predicted molar refractivity (Wildman–Crippen MR) is 88.5 cm³/mol. The van der Waals surface area contributed by atoms with E-state index in [1.165, 1.54) is 12.1 Å². The van der Waals surface area contributed by atoms with Gasteiger partial charge in [0.2, 0.25) is 0 Å². The van der Waals surface area contributed by atoms with E-state index >= 15 is 0 Å². The average Bonchev–Trinajstić information content (AvgIpc) is 2.91. The highest BCUT2D eigenvalue weighted by Crippen LogP contribution is 2.29. The van der Waals surface area contributed by atoms with Crippen LogP contribution in [-0.2, 0) is 15.7 Å². The van der Waals surface area contributed by atoms with Crippen molar-refractivity contribution in [3.8, 4) is 0 Å². The molecule has 1 aliphatic rings. The number of fused-ring (bicyclic) bond motifs is 1. The Bertz CT molecular complexity index is 949. The molecule has 144 valence electrons. The fraction of sp³-hybridized carbons (Fsp3) is 0.158. The number of carbonyl (C=O) groups excluding carboxylic acids is 4. The number of benzene rings is 2. The molecule has 0 spiro atoms. The van der Waals surface area contributed by atoms with Gasteiger partial charge in [-0.25, -0.2) is 0 Å². The smallest absolute Gasteiger partial charge is 0.416 e. The molecule has 0 bridgehead atoms. The Morgan fingerprint density at radius 2 is 1.54 bits per heavy atom. The first-order valence-electron chi connectivity index (χ1n) is 8.00. The van der Waals surface area contributed by atoms with Crippen molar-refractivity contribution in [2.45, 2.75) is 6.18 Å². The van der Waals surface area contributed by atoms with Crippen LogP contribution in [0, 0.1) is 0 Å². The Hall–Kier alpha value is -3.49. The van der Waals surface area contributed by atoms with E-state index in [9.17, 15) is 32.3 Å². The quantitative estimate of drug-likeness (QED) is 0.445. The lowest BCUT2D eigenvalue weighted by atomic mass is 10.1. The Kier molecular flexibility index (Phi) is 5.00. The number of nitrogens with zero attached hydrogens (tertiary/aromatic N) is 1. The minimum absolute atomic E-state index is 0.153. The molecule has 0 aliphatic carbocycles. The van der Waals surface area contributed by atoms with E-state index in [-0.39, 0.29) is 16.7 Å². The lowest BCUT2D eigenvalue weighted by Crippen LogP contribution is -2.36. The number of Topliss-reactive ketones (excluding diaryl/α,β-unsaturated/α-hetero) is 1. The van der Waals surface area contributed by atoms with Gasteiger partial charge in [-0.05, 0) is 24.3 Å². The van der Waals surface area contributed by atoms with Crippen molar-refractivity contribution < 1.29 is 37.1 Å². The Morgan fingerprint density at radius 1 is 0.929 bits per heavy atom. The van der Waals surface area contributed by atoms with Crippen LogP contribution in [0.25, 0.3) is 0 Å². The van der Waals surface area contributed by atoms with Crippen molar-refractivity contribution in [1.29, 1.82) is 0 Å². The van der Waals surface area contributed by atoms with Gasteiger partial charge in [-0.3, -0.25) is 24.1 Å². The fourth-order valence-corrected chi connectivity index (χ4v) is 2.66. The van der Waals surface area contributed by atoms with E-state index < -0.39 is 48.5 Å². The Morgan fingerprint density at radius 3 is 2.11 bits per heavy atom. The van der Waals surface area contributed by atoms with Crippen LogP contribution in [0.1, 0.15) is 36.6 Å². The van der Waals surface area contributed by atoms with Crippen LogP contribution in [0.15, 0.2) is 48.5 Å². The van der Waals surface area contributed by atoms with Crippen LogP contribution in [0.3, 0.4) is 0 Å². The molecule has 0 radical (unpaired) electrons. The fourth-order valence-electron chi connectivity index (χ4n) is 2.66.